The fourth-order valence-corrected chi connectivity index (χ4v) is 3.68. The summed E-state index contributed by atoms with van der Waals surface area (Å²) in [5, 5.41) is 9.16. The largest absolute Gasteiger partial charge is 0.494 e. The van der Waals surface area contributed by atoms with Crippen molar-refractivity contribution in [2.24, 2.45) is 4.99 Å². The molecule has 0 atom stereocenters. The molecular weight excluding hydrogens is 396 g/mol. The fourth-order valence-electron chi connectivity index (χ4n) is 2.98. The second-order valence-electron chi connectivity index (χ2n) is 6.86. The molecule has 0 radical (unpaired) electrons. The van der Waals surface area contributed by atoms with Crippen molar-refractivity contribution in [2.75, 3.05) is 44.0 Å². The first-order valence-electron chi connectivity index (χ1n) is 10.3. The predicted molar refractivity (Wildman–Crippen MR) is 126 cm³/mol. The maximum atomic E-state index is 5.82. The van der Waals surface area contributed by atoms with E-state index in [1.54, 1.807) is 7.05 Å². The van der Waals surface area contributed by atoms with Crippen LogP contribution in [0.2, 0.25) is 0 Å². The second-order valence-corrected chi connectivity index (χ2v) is 7.71. The number of allylic oxidation sites excluding steroid dienone is 3. The summed E-state index contributed by atoms with van der Waals surface area (Å²) in [5.74, 6) is 2.62. The Morgan fingerprint density at radius 3 is 2.93 bits per heavy atom. The number of rotatable bonds is 9. The van der Waals surface area contributed by atoms with Gasteiger partial charge in [0.1, 0.15) is 17.3 Å². The van der Waals surface area contributed by atoms with Gasteiger partial charge in [-0.15, -0.1) is 11.3 Å². The summed E-state index contributed by atoms with van der Waals surface area (Å²) in [7, 11) is 3.80. The van der Waals surface area contributed by atoms with Gasteiger partial charge in [0, 0.05) is 32.6 Å². The molecule has 0 aliphatic heterocycles. The van der Waals surface area contributed by atoms with Crippen molar-refractivity contribution in [2.45, 2.75) is 26.2 Å². The summed E-state index contributed by atoms with van der Waals surface area (Å²) in [5.41, 5.74) is 1.71. The van der Waals surface area contributed by atoms with Crippen molar-refractivity contribution in [3.05, 3.63) is 47.6 Å². The van der Waals surface area contributed by atoms with Crippen molar-refractivity contribution in [1.29, 1.82) is 0 Å². The van der Waals surface area contributed by atoms with Crippen LogP contribution in [0, 0.1) is 0 Å². The standard InChI is InChI=1S/C22H30N6OS/c1-4-24-21(23-2)27-22-26-19(16-30-22)18-12-8-13-20(25-18)28(3)14-9-15-29-17-10-6-5-7-11-17/h6,8,10-13,16H,4-5,7,9,14-15H2,1-3H3,(H2,23,24,26,27). The van der Waals surface area contributed by atoms with E-state index >= 15 is 0 Å². The summed E-state index contributed by atoms with van der Waals surface area (Å²) in [6, 6.07) is 6.03. The van der Waals surface area contributed by atoms with Gasteiger partial charge in [-0.2, -0.15) is 0 Å². The molecule has 8 heteroatoms. The van der Waals surface area contributed by atoms with Gasteiger partial charge < -0.3 is 20.3 Å². The van der Waals surface area contributed by atoms with Crippen molar-refractivity contribution < 1.29 is 4.74 Å². The van der Waals surface area contributed by atoms with Gasteiger partial charge in [0.2, 0.25) is 0 Å². The van der Waals surface area contributed by atoms with Crippen LogP contribution in [0.25, 0.3) is 11.4 Å². The number of hydrogen-bond donors (Lipinski definition) is 2. The SMILES string of the molecule is CCNC(=NC)Nc1nc(-c2cccc(N(C)CCCOC3=CCCC=C3)n2)cs1. The van der Waals surface area contributed by atoms with Crippen LogP contribution in [0.1, 0.15) is 26.2 Å². The molecule has 0 saturated heterocycles. The molecule has 2 aromatic heterocycles. The summed E-state index contributed by atoms with van der Waals surface area (Å²) in [6.07, 6.45) is 9.48. The van der Waals surface area contributed by atoms with Gasteiger partial charge in [0.05, 0.1) is 12.3 Å². The highest BCUT2D eigenvalue weighted by Gasteiger charge is 2.10. The predicted octanol–water partition coefficient (Wildman–Crippen LogP) is 4.29. The minimum Gasteiger partial charge on any atom is -0.494 e. The lowest BCUT2D eigenvalue weighted by molar-refractivity contribution is 0.219. The summed E-state index contributed by atoms with van der Waals surface area (Å²) in [6.45, 7) is 4.40. The molecule has 1 aliphatic carbocycles. The molecule has 2 heterocycles. The third kappa shape index (κ3) is 6.32. The highest BCUT2D eigenvalue weighted by atomic mass is 32.1. The van der Waals surface area contributed by atoms with Crippen molar-refractivity contribution in [1.82, 2.24) is 15.3 Å². The molecule has 2 N–H and O–H groups in total. The number of hydrogen-bond acceptors (Lipinski definition) is 6. The quantitative estimate of drug-likeness (QED) is 0.354. The number of aliphatic imine (C=N–C) groups is 1. The lowest BCUT2D eigenvalue weighted by Gasteiger charge is -2.19. The molecule has 0 saturated carbocycles. The van der Waals surface area contributed by atoms with Crippen LogP contribution in [0.4, 0.5) is 10.9 Å². The first kappa shape index (κ1) is 21.8. The molecular formula is C22H30N6OS. The van der Waals surface area contributed by atoms with Gasteiger partial charge in [-0.3, -0.25) is 4.99 Å². The Kier molecular flexibility index (Phi) is 8.26. The first-order chi connectivity index (χ1) is 14.7. The molecule has 0 spiro atoms. The Morgan fingerprint density at radius 2 is 2.17 bits per heavy atom. The van der Waals surface area contributed by atoms with Gasteiger partial charge >= 0.3 is 0 Å². The average molecular weight is 427 g/mol. The maximum absolute atomic E-state index is 5.82. The molecule has 1 aliphatic rings. The average Bonchev–Trinajstić information content (AvgIpc) is 3.25. The topological polar surface area (TPSA) is 74.7 Å². The number of thiazole rings is 1. The zero-order valence-electron chi connectivity index (χ0n) is 17.9. The smallest absolute Gasteiger partial charge is 0.197 e. The lowest BCUT2D eigenvalue weighted by Crippen LogP contribution is -2.30. The Morgan fingerprint density at radius 1 is 1.27 bits per heavy atom. The van der Waals surface area contributed by atoms with Crippen LogP contribution in [0.3, 0.4) is 0 Å². The second kappa shape index (κ2) is 11.3. The number of guanidine groups is 1. The Hall–Kier alpha value is -2.87. The van der Waals surface area contributed by atoms with E-state index in [9.17, 15) is 0 Å². The van der Waals surface area contributed by atoms with Crippen LogP contribution in [0.5, 0.6) is 0 Å². The molecule has 2 aromatic rings. The number of nitrogens with zero attached hydrogens (tertiary/aromatic N) is 4. The van der Waals surface area contributed by atoms with E-state index < -0.39 is 0 Å². The highest BCUT2D eigenvalue weighted by Crippen LogP contribution is 2.25. The normalized spacial score (nSPS) is 13.7. The molecule has 160 valence electrons. The van der Waals surface area contributed by atoms with Gasteiger partial charge in [0.25, 0.3) is 0 Å². The molecule has 0 aromatic carbocycles. The molecule has 0 fully saturated rings. The zero-order chi connectivity index (χ0) is 21.2. The fraction of sp³-hybridized carbons (Fsp3) is 0.409. The minimum absolute atomic E-state index is 0.703. The van der Waals surface area contributed by atoms with Crippen LogP contribution < -0.4 is 15.5 Å². The van der Waals surface area contributed by atoms with Crippen molar-refractivity contribution >= 4 is 28.2 Å². The summed E-state index contributed by atoms with van der Waals surface area (Å²) in [4.78, 5) is 15.8. The molecule has 30 heavy (non-hydrogen) atoms. The van der Waals surface area contributed by atoms with E-state index in [-0.39, 0.29) is 0 Å². The van der Waals surface area contributed by atoms with E-state index in [1.807, 2.05) is 30.5 Å². The maximum Gasteiger partial charge on any atom is 0.197 e. The highest BCUT2D eigenvalue weighted by molar-refractivity contribution is 7.14. The molecule has 7 nitrogen and oxygen atoms in total. The van der Waals surface area contributed by atoms with E-state index in [4.69, 9.17) is 9.72 Å². The number of ether oxygens (including phenoxy) is 1. The molecule has 0 unspecified atom stereocenters. The van der Waals surface area contributed by atoms with E-state index in [0.717, 1.165) is 60.4 Å². The summed E-state index contributed by atoms with van der Waals surface area (Å²) < 4.78 is 5.82. The van der Waals surface area contributed by atoms with E-state index in [0.29, 0.717) is 12.6 Å². The third-order valence-corrected chi connectivity index (χ3v) is 5.31. The van der Waals surface area contributed by atoms with Crippen molar-refractivity contribution in [3.8, 4) is 11.4 Å². The molecule has 0 amide bonds. The minimum atomic E-state index is 0.703. The Bertz CT molecular complexity index is 905. The van der Waals surface area contributed by atoms with Crippen LogP contribution >= 0.6 is 11.3 Å². The number of aromatic nitrogens is 2. The first-order valence-corrected chi connectivity index (χ1v) is 11.2. The molecule has 0 bridgehead atoms. The van der Waals surface area contributed by atoms with Gasteiger partial charge in [-0.25, -0.2) is 9.97 Å². The van der Waals surface area contributed by atoms with Crippen LogP contribution in [0.15, 0.2) is 52.6 Å². The number of pyridine rings is 1. The van der Waals surface area contributed by atoms with Gasteiger partial charge in [0.15, 0.2) is 11.1 Å². The molecule has 3 rings (SSSR count). The third-order valence-electron chi connectivity index (χ3n) is 4.55. The van der Waals surface area contributed by atoms with Gasteiger partial charge in [-0.1, -0.05) is 12.1 Å². The number of nitrogens with one attached hydrogen (secondary N) is 2. The van der Waals surface area contributed by atoms with Gasteiger partial charge in [-0.05, 0) is 50.5 Å². The summed E-state index contributed by atoms with van der Waals surface area (Å²) >= 11 is 1.53. The Balaban J connectivity index is 1.55. The van der Waals surface area contributed by atoms with E-state index in [2.05, 4.69) is 50.8 Å². The van der Waals surface area contributed by atoms with Crippen LogP contribution in [-0.4, -0.2) is 49.7 Å². The Labute approximate surface area is 182 Å². The lowest BCUT2D eigenvalue weighted by atomic mass is 10.2. The monoisotopic (exact) mass is 426 g/mol. The van der Waals surface area contributed by atoms with Crippen LogP contribution in [-0.2, 0) is 4.74 Å². The number of anilines is 2. The van der Waals surface area contributed by atoms with Crippen molar-refractivity contribution in [3.63, 3.8) is 0 Å². The zero-order valence-corrected chi connectivity index (χ0v) is 18.7. The van der Waals surface area contributed by atoms with E-state index in [1.165, 1.54) is 11.3 Å².